The van der Waals surface area contributed by atoms with Crippen molar-refractivity contribution in [1.29, 1.82) is 0 Å². The maximum absolute atomic E-state index is 11.3. The molecular weight excluding hydrogens is 168 g/mol. The normalized spacial score (nSPS) is 10.8. The van der Waals surface area contributed by atoms with Crippen molar-refractivity contribution in [2.45, 2.75) is 26.4 Å². The van der Waals surface area contributed by atoms with E-state index in [1.54, 1.807) is 7.05 Å². The van der Waals surface area contributed by atoms with Crippen LogP contribution in [0.3, 0.4) is 0 Å². The van der Waals surface area contributed by atoms with Gasteiger partial charge in [0.25, 0.3) is 0 Å². The van der Waals surface area contributed by atoms with Crippen molar-refractivity contribution >= 4 is 12.8 Å². The number of ether oxygens (including phenoxy) is 1. The Balaban J connectivity index is 3.89. The Labute approximate surface area is 79.6 Å². The molecule has 0 aromatic heterocycles. The fourth-order valence-electron chi connectivity index (χ4n) is 0.652. The molecule has 0 aromatic rings. The van der Waals surface area contributed by atoms with E-state index in [1.165, 1.54) is 4.90 Å². The second kappa shape index (κ2) is 4.84. The molecule has 0 saturated carbocycles. The van der Waals surface area contributed by atoms with E-state index in [-0.39, 0.29) is 6.09 Å². The van der Waals surface area contributed by atoms with Gasteiger partial charge in [-0.25, -0.2) is 4.79 Å². The van der Waals surface area contributed by atoms with Gasteiger partial charge in [-0.1, -0.05) is 0 Å². The average Bonchev–Trinajstić information content (AvgIpc) is 1.96. The van der Waals surface area contributed by atoms with Crippen molar-refractivity contribution in [3.63, 3.8) is 0 Å². The zero-order chi connectivity index (χ0) is 10.5. The van der Waals surface area contributed by atoms with Crippen LogP contribution in [-0.2, 0) is 4.74 Å². The SMILES string of the molecule is C=NCCN(C)C(=O)OC(C)(C)C. The summed E-state index contributed by atoms with van der Waals surface area (Å²) in [4.78, 5) is 16.4. The molecule has 0 aliphatic carbocycles. The van der Waals surface area contributed by atoms with Crippen LogP contribution in [-0.4, -0.2) is 43.4 Å². The van der Waals surface area contributed by atoms with Gasteiger partial charge in [0.1, 0.15) is 5.60 Å². The molecule has 0 fully saturated rings. The van der Waals surface area contributed by atoms with Crippen LogP contribution in [0.15, 0.2) is 4.99 Å². The summed E-state index contributed by atoms with van der Waals surface area (Å²) < 4.78 is 5.12. The van der Waals surface area contributed by atoms with E-state index in [1.807, 2.05) is 20.8 Å². The van der Waals surface area contributed by atoms with Crippen LogP contribution in [0.1, 0.15) is 20.8 Å². The third-order valence-electron chi connectivity index (χ3n) is 1.30. The van der Waals surface area contributed by atoms with Gasteiger partial charge in [-0.2, -0.15) is 0 Å². The molecular formula is C9H18N2O2. The van der Waals surface area contributed by atoms with Crippen LogP contribution in [0.2, 0.25) is 0 Å². The molecule has 0 rings (SSSR count). The topological polar surface area (TPSA) is 41.9 Å². The number of aliphatic imine (C=N–C) groups is 1. The van der Waals surface area contributed by atoms with Gasteiger partial charge in [-0.05, 0) is 27.5 Å². The zero-order valence-corrected chi connectivity index (χ0v) is 8.83. The number of amides is 1. The minimum Gasteiger partial charge on any atom is -0.444 e. The molecule has 0 radical (unpaired) electrons. The molecule has 0 aliphatic rings. The Hall–Kier alpha value is -1.06. The maximum atomic E-state index is 11.3. The highest BCUT2D eigenvalue weighted by Crippen LogP contribution is 2.08. The summed E-state index contributed by atoms with van der Waals surface area (Å²) in [7, 11) is 1.68. The summed E-state index contributed by atoms with van der Waals surface area (Å²) >= 11 is 0. The lowest BCUT2D eigenvalue weighted by Gasteiger charge is -2.24. The van der Waals surface area contributed by atoms with E-state index < -0.39 is 5.60 Å². The van der Waals surface area contributed by atoms with Gasteiger partial charge in [0.2, 0.25) is 0 Å². The Kier molecular flexibility index (Phi) is 4.45. The van der Waals surface area contributed by atoms with E-state index >= 15 is 0 Å². The van der Waals surface area contributed by atoms with Gasteiger partial charge in [0.05, 0.1) is 6.54 Å². The van der Waals surface area contributed by atoms with Crippen LogP contribution >= 0.6 is 0 Å². The van der Waals surface area contributed by atoms with Crippen molar-refractivity contribution in [2.24, 2.45) is 4.99 Å². The third kappa shape index (κ3) is 6.13. The van der Waals surface area contributed by atoms with Crippen LogP contribution in [0.5, 0.6) is 0 Å². The zero-order valence-electron chi connectivity index (χ0n) is 8.83. The van der Waals surface area contributed by atoms with Crippen LogP contribution < -0.4 is 0 Å². The summed E-state index contributed by atoms with van der Waals surface area (Å²) in [5.41, 5.74) is -0.438. The molecule has 0 aromatic carbocycles. The number of carbonyl (C=O) groups is 1. The Bertz CT molecular complexity index is 185. The Morgan fingerprint density at radius 3 is 2.46 bits per heavy atom. The predicted molar refractivity (Wildman–Crippen MR) is 53.3 cm³/mol. The molecule has 0 heterocycles. The second-order valence-corrected chi connectivity index (χ2v) is 3.85. The van der Waals surface area contributed by atoms with Crippen molar-refractivity contribution < 1.29 is 9.53 Å². The van der Waals surface area contributed by atoms with Gasteiger partial charge in [0.15, 0.2) is 0 Å². The highest BCUT2D eigenvalue weighted by molar-refractivity contribution is 5.67. The van der Waals surface area contributed by atoms with Crippen molar-refractivity contribution in [3.05, 3.63) is 0 Å². The van der Waals surface area contributed by atoms with Crippen molar-refractivity contribution in [2.75, 3.05) is 20.1 Å². The van der Waals surface area contributed by atoms with E-state index in [0.29, 0.717) is 13.1 Å². The highest BCUT2D eigenvalue weighted by Gasteiger charge is 2.18. The lowest BCUT2D eigenvalue weighted by molar-refractivity contribution is 0.0304. The highest BCUT2D eigenvalue weighted by atomic mass is 16.6. The molecule has 1 amide bonds. The summed E-state index contributed by atoms with van der Waals surface area (Å²) in [6, 6.07) is 0. The molecule has 0 unspecified atom stereocenters. The maximum Gasteiger partial charge on any atom is 0.410 e. The smallest absolute Gasteiger partial charge is 0.410 e. The molecule has 0 saturated heterocycles. The summed E-state index contributed by atoms with van der Waals surface area (Å²) in [6.07, 6.45) is -0.323. The average molecular weight is 186 g/mol. The predicted octanol–water partition coefficient (Wildman–Crippen LogP) is 1.55. The lowest BCUT2D eigenvalue weighted by atomic mass is 10.2. The fourth-order valence-corrected chi connectivity index (χ4v) is 0.652. The van der Waals surface area contributed by atoms with Gasteiger partial charge < -0.3 is 9.64 Å². The first kappa shape index (κ1) is 11.9. The van der Waals surface area contributed by atoms with E-state index in [2.05, 4.69) is 11.7 Å². The van der Waals surface area contributed by atoms with Gasteiger partial charge >= 0.3 is 6.09 Å². The number of carbonyl (C=O) groups excluding carboxylic acids is 1. The number of hydrogen-bond acceptors (Lipinski definition) is 3. The van der Waals surface area contributed by atoms with Gasteiger partial charge in [-0.15, -0.1) is 0 Å². The molecule has 4 nitrogen and oxygen atoms in total. The minimum atomic E-state index is -0.438. The fraction of sp³-hybridized carbons (Fsp3) is 0.778. The molecule has 4 heteroatoms. The summed E-state index contributed by atoms with van der Waals surface area (Å²) in [6.45, 7) is 9.93. The van der Waals surface area contributed by atoms with E-state index in [9.17, 15) is 4.79 Å². The van der Waals surface area contributed by atoms with Crippen LogP contribution in [0, 0.1) is 0 Å². The minimum absolute atomic E-state index is 0.323. The largest absolute Gasteiger partial charge is 0.444 e. The summed E-state index contributed by atoms with van der Waals surface area (Å²) in [5, 5.41) is 0. The number of likely N-dealkylation sites (N-methyl/N-ethyl adjacent to an activating group) is 1. The first-order valence-corrected chi connectivity index (χ1v) is 4.23. The molecule has 13 heavy (non-hydrogen) atoms. The first-order chi connectivity index (χ1) is 5.87. The Morgan fingerprint density at radius 1 is 1.54 bits per heavy atom. The molecule has 0 N–H and O–H groups in total. The molecule has 0 spiro atoms. The van der Waals surface area contributed by atoms with E-state index in [4.69, 9.17) is 4.74 Å². The van der Waals surface area contributed by atoms with Gasteiger partial charge in [0, 0.05) is 13.6 Å². The van der Waals surface area contributed by atoms with Crippen LogP contribution in [0.4, 0.5) is 4.79 Å². The second-order valence-electron chi connectivity index (χ2n) is 3.85. The third-order valence-corrected chi connectivity index (χ3v) is 1.30. The molecule has 0 bridgehead atoms. The monoisotopic (exact) mass is 186 g/mol. The molecule has 0 aliphatic heterocycles. The standard InChI is InChI=1S/C9H18N2O2/c1-9(2,3)13-8(12)11(5)7-6-10-4/h4,6-7H2,1-3,5H3. The Morgan fingerprint density at radius 2 is 2.08 bits per heavy atom. The molecule has 76 valence electrons. The molecule has 0 atom stereocenters. The number of hydrogen-bond donors (Lipinski definition) is 0. The van der Waals surface area contributed by atoms with E-state index in [0.717, 1.165) is 0 Å². The first-order valence-electron chi connectivity index (χ1n) is 4.23. The summed E-state index contributed by atoms with van der Waals surface area (Å²) in [5.74, 6) is 0. The van der Waals surface area contributed by atoms with Crippen molar-refractivity contribution in [3.8, 4) is 0 Å². The lowest BCUT2D eigenvalue weighted by Crippen LogP contribution is -2.35. The van der Waals surface area contributed by atoms with Crippen LogP contribution in [0.25, 0.3) is 0 Å². The quantitative estimate of drug-likeness (QED) is 0.627. The van der Waals surface area contributed by atoms with Gasteiger partial charge in [-0.3, -0.25) is 4.99 Å². The number of rotatable bonds is 3. The van der Waals surface area contributed by atoms with Crippen molar-refractivity contribution in [1.82, 2.24) is 4.90 Å². The number of nitrogens with zero attached hydrogens (tertiary/aromatic N) is 2.